The van der Waals surface area contributed by atoms with Crippen molar-refractivity contribution in [1.82, 2.24) is 9.88 Å². The molecule has 2 rings (SSSR count). The SMILES string of the molecule is CCNc1ccc(Cl)c(C(=O)N2CCC(OCC)CC2)n1. The van der Waals surface area contributed by atoms with Crippen molar-refractivity contribution in [3.05, 3.63) is 22.8 Å². The van der Waals surface area contributed by atoms with Gasteiger partial charge in [-0.1, -0.05) is 11.6 Å². The lowest BCUT2D eigenvalue weighted by atomic mass is 10.1. The average Bonchev–Trinajstić information content (AvgIpc) is 2.50. The highest BCUT2D eigenvalue weighted by molar-refractivity contribution is 6.33. The van der Waals surface area contributed by atoms with Gasteiger partial charge in [-0.25, -0.2) is 4.98 Å². The van der Waals surface area contributed by atoms with Crippen molar-refractivity contribution in [1.29, 1.82) is 0 Å². The largest absolute Gasteiger partial charge is 0.378 e. The van der Waals surface area contributed by atoms with Gasteiger partial charge in [0.2, 0.25) is 0 Å². The predicted octanol–water partition coefficient (Wildman–Crippen LogP) is 2.81. The number of rotatable bonds is 5. The number of halogens is 1. The van der Waals surface area contributed by atoms with E-state index in [0.717, 1.165) is 26.0 Å². The molecule has 0 bridgehead atoms. The van der Waals surface area contributed by atoms with Gasteiger partial charge < -0.3 is 15.0 Å². The van der Waals surface area contributed by atoms with Crippen molar-refractivity contribution in [2.45, 2.75) is 32.8 Å². The molecule has 1 aliphatic heterocycles. The molecule has 0 aliphatic carbocycles. The van der Waals surface area contributed by atoms with Crippen molar-refractivity contribution in [3.8, 4) is 0 Å². The highest BCUT2D eigenvalue weighted by atomic mass is 35.5. The number of hydrogen-bond donors (Lipinski definition) is 1. The van der Waals surface area contributed by atoms with Crippen molar-refractivity contribution in [2.24, 2.45) is 0 Å². The number of likely N-dealkylation sites (tertiary alicyclic amines) is 1. The third kappa shape index (κ3) is 4.08. The molecular formula is C15H22ClN3O2. The minimum Gasteiger partial charge on any atom is -0.378 e. The lowest BCUT2D eigenvalue weighted by Gasteiger charge is -2.31. The van der Waals surface area contributed by atoms with Crippen LogP contribution in [0.1, 0.15) is 37.2 Å². The van der Waals surface area contributed by atoms with Crippen LogP contribution in [0.15, 0.2) is 12.1 Å². The molecule has 0 spiro atoms. The number of ether oxygens (including phenoxy) is 1. The van der Waals surface area contributed by atoms with Crippen LogP contribution in [0.4, 0.5) is 5.82 Å². The minimum absolute atomic E-state index is 0.102. The summed E-state index contributed by atoms with van der Waals surface area (Å²) in [7, 11) is 0. The van der Waals surface area contributed by atoms with Gasteiger partial charge in [0.05, 0.1) is 11.1 Å². The number of hydrogen-bond acceptors (Lipinski definition) is 4. The Hall–Kier alpha value is -1.33. The Morgan fingerprint density at radius 3 is 2.76 bits per heavy atom. The molecule has 0 atom stereocenters. The van der Waals surface area contributed by atoms with Crippen LogP contribution in [-0.4, -0.2) is 48.1 Å². The van der Waals surface area contributed by atoms with Gasteiger partial charge in [-0.3, -0.25) is 4.79 Å². The van der Waals surface area contributed by atoms with Crippen LogP contribution in [0.3, 0.4) is 0 Å². The summed E-state index contributed by atoms with van der Waals surface area (Å²) in [4.78, 5) is 18.7. The third-order valence-electron chi connectivity index (χ3n) is 3.54. The monoisotopic (exact) mass is 311 g/mol. The van der Waals surface area contributed by atoms with Crippen LogP contribution in [0.25, 0.3) is 0 Å². The van der Waals surface area contributed by atoms with Crippen molar-refractivity contribution in [3.63, 3.8) is 0 Å². The van der Waals surface area contributed by atoms with Gasteiger partial charge in [-0.2, -0.15) is 0 Å². The summed E-state index contributed by atoms with van der Waals surface area (Å²) in [5.74, 6) is 0.573. The number of anilines is 1. The molecule has 1 saturated heterocycles. The number of nitrogens with zero attached hydrogens (tertiary/aromatic N) is 2. The fourth-order valence-electron chi connectivity index (χ4n) is 2.48. The van der Waals surface area contributed by atoms with Gasteiger partial charge in [-0.15, -0.1) is 0 Å². The highest BCUT2D eigenvalue weighted by Gasteiger charge is 2.26. The molecule has 0 radical (unpaired) electrons. The molecule has 0 unspecified atom stereocenters. The van der Waals surface area contributed by atoms with E-state index in [-0.39, 0.29) is 12.0 Å². The van der Waals surface area contributed by atoms with Crippen LogP contribution in [0.5, 0.6) is 0 Å². The van der Waals surface area contributed by atoms with Gasteiger partial charge >= 0.3 is 0 Å². The molecule has 1 fully saturated rings. The molecular weight excluding hydrogens is 290 g/mol. The molecule has 116 valence electrons. The summed E-state index contributed by atoms with van der Waals surface area (Å²) in [6, 6.07) is 3.50. The van der Waals surface area contributed by atoms with Crippen molar-refractivity contribution < 1.29 is 9.53 Å². The maximum atomic E-state index is 12.6. The topological polar surface area (TPSA) is 54.5 Å². The number of carbonyl (C=O) groups is 1. The molecule has 5 nitrogen and oxygen atoms in total. The molecule has 1 aromatic rings. The summed E-state index contributed by atoms with van der Waals surface area (Å²) in [5.41, 5.74) is 0.324. The Balaban J connectivity index is 2.05. The van der Waals surface area contributed by atoms with E-state index in [0.29, 0.717) is 29.6 Å². The smallest absolute Gasteiger partial charge is 0.274 e. The first kappa shape index (κ1) is 16.0. The van der Waals surface area contributed by atoms with E-state index in [1.807, 2.05) is 13.8 Å². The summed E-state index contributed by atoms with van der Waals surface area (Å²) < 4.78 is 5.60. The van der Waals surface area contributed by atoms with E-state index in [4.69, 9.17) is 16.3 Å². The van der Waals surface area contributed by atoms with Gasteiger partial charge in [0.1, 0.15) is 11.5 Å². The minimum atomic E-state index is -0.102. The standard InChI is InChI=1S/C15H22ClN3O2/c1-3-17-13-6-5-12(16)14(18-13)15(20)19-9-7-11(8-10-19)21-4-2/h5-6,11H,3-4,7-10H2,1-2H3,(H,17,18). The van der Waals surface area contributed by atoms with Gasteiger partial charge in [0.15, 0.2) is 0 Å². The number of amides is 1. The van der Waals surface area contributed by atoms with Gasteiger partial charge in [0, 0.05) is 26.2 Å². The molecule has 21 heavy (non-hydrogen) atoms. The first-order chi connectivity index (χ1) is 10.2. The molecule has 0 aromatic carbocycles. The van der Waals surface area contributed by atoms with E-state index in [2.05, 4.69) is 10.3 Å². The molecule has 1 N–H and O–H groups in total. The van der Waals surface area contributed by atoms with E-state index in [1.54, 1.807) is 17.0 Å². The highest BCUT2D eigenvalue weighted by Crippen LogP contribution is 2.21. The Kier molecular flexibility index (Phi) is 5.82. The Bertz CT molecular complexity index is 488. The maximum Gasteiger partial charge on any atom is 0.274 e. The fourth-order valence-corrected chi connectivity index (χ4v) is 2.67. The number of nitrogens with one attached hydrogen (secondary N) is 1. The molecule has 2 heterocycles. The zero-order valence-corrected chi connectivity index (χ0v) is 13.3. The number of pyridine rings is 1. The van der Waals surface area contributed by atoms with Crippen molar-refractivity contribution >= 4 is 23.3 Å². The predicted molar refractivity (Wildman–Crippen MR) is 84.0 cm³/mol. The quantitative estimate of drug-likeness (QED) is 0.908. The second-order valence-electron chi connectivity index (χ2n) is 5.00. The normalized spacial score (nSPS) is 16.0. The molecule has 1 aliphatic rings. The fraction of sp³-hybridized carbons (Fsp3) is 0.600. The van der Waals surface area contributed by atoms with E-state index >= 15 is 0 Å². The number of carbonyl (C=O) groups excluding carboxylic acids is 1. The zero-order chi connectivity index (χ0) is 15.2. The lowest BCUT2D eigenvalue weighted by Crippen LogP contribution is -2.41. The zero-order valence-electron chi connectivity index (χ0n) is 12.6. The molecule has 6 heteroatoms. The lowest BCUT2D eigenvalue weighted by molar-refractivity contribution is 0.0144. The Morgan fingerprint density at radius 1 is 1.43 bits per heavy atom. The average molecular weight is 312 g/mol. The van der Waals surface area contributed by atoms with Crippen LogP contribution < -0.4 is 5.32 Å². The van der Waals surface area contributed by atoms with E-state index in [9.17, 15) is 4.79 Å². The van der Waals surface area contributed by atoms with Crippen LogP contribution in [0.2, 0.25) is 5.02 Å². The van der Waals surface area contributed by atoms with Gasteiger partial charge in [-0.05, 0) is 38.8 Å². The maximum absolute atomic E-state index is 12.6. The second-order valence-corrected chi connectivity index (χ2v) is 5.41. The van der Waals surface area contributed by atoms with Crippen molar-refractivity contribution in [2.75, 3.05) is 31.6 Å². The van der Waals surface area contributed by atoms with Gasteiger partial charge in [0.25, 0.3) is 5.91 Å². The Morgan fingerprint density at radius 2 is 2.14 bits per heavy atom. The first-order valence-electron chi connectivity index (χ1n) is 7.47. The Labute approximate surface area is 130 Å². The van der Waals surface area contributed by atoms with Crippen LogP contribution in [0, 0.1) is 0 Å². The number of aromatic nitrogens is 1. The molecule has 1 amide bonds. The third-order valence-corrected chi connectivity index (χ3v) is 3.84. The number of piperidine rings is 1. The summed E-state index contributed by atoms with van der Waals surface area (Å²) in [6.07, 6.45) is 1.99. The summed E-state index contributed by atoms with van der Waals surface area (Å²) in [6.45, 7) is 6.82. The van der Waals surface area contributed by atoms with E-state index < -0.39 is 0 Å². The summed E-state index contributed by atoms with van der Waals surface area (Å²) >= 11 is 6.13. The van der Waals surface area contributed by atoms with Crippen LogP contribution in [-0.2, 0) is 4.74 Å². The van der Waals surface area contributed by atoms with Crippen LogP contribution >= 0.6 is 11.6 Å². The molecule has 1 aromatic heterocycles. The summed E-state index contributed by atoms with van der Waals surface area (Å²) in [5, 5.41) is 3.49. The molecule has 0 saturated carbocycles. The second kappa shape index (κ2) is 7.61. The van der Waals surface area contributed by atoms with E-state index in [1.165, 1.54) is 0 Å². The first-order valence-corrected chi connectivity index (χ1v) is 7.84.